The Kier molecular flexibility index (Phi) is 5.91. The van der Waals surface area contributed by atoms with Crippen LogP contribution in [0.3, 0.4) is 0 Å². The minimum absolute atomic E-state index is 0.0347. The molecule has 1 saturated carbocycles. The van der Waals surface area contributed by atoms with Crippen LogP contribution in [0.5, 0.6) is 0 Å². The number of amides is 2. The van der Waals surface area contributed by atoms with E-state index in [-0.39, 0.29) is 30.0 Å². The van der Waals surface area contributed by atoms with Gasteiger partial charge >= 0.3 is 12.0 Å². The number of carboxylic acids is 1. The Balaban J connectivity index is 1.42. The highest BCUT2D eigenvalue weighted by Gasteiger charge is 2.30. The summed E-state index contributed by atoms with van der Waals surface area (Å²) < 4.78 is 5.84. The molecule has 1 saturated heterocycles. The Morgan fingerprint density at radius 1 is 1.08 bits per heavy atom. The predicted molar refractivity (Wildman–Crippen MR) is 93.2 cm³/mol. The van der Waals surface area contributed by atoms with Gasteiger partial charge in [-0.05, 0) is 37.7 Å². The number of carbonyl (C=O) groups is 2. The number of hydrogen-bond donors (Lipinski definition) is 3. The van der Waals surface area contributed by atoms with Crippen LogP contribution in [0.1, 0.15) is 43.8 Å². The van der Waals surface area contributed by atoms with Crippen LogP contribution in [0.2, 0.25) is 0 Å². The van der Waals surface area contributed by atoms with Gasteiger partial charge in [-0.3, -0.25) is 4.79 Å². The summed E-state index contributed by atoms with van der Waals surface area (Å²) in [6.45, 7) is 1.29. The van der Waals surface area contributed by atoms with Crippen LogP contribution in [0.4, 0.5) is 4.79 Å². The Bertz CT molecular complexity index is 584. The van der Waals surface area contributed by atoms with Gasteiger partial charge in [0.25, 0.3) is 0 Å². The molecular weight excluding hydrogens is 320 g/mol. The lowest BCUT2D eigenvalue weighted by Crippen LogP contribution is -2.45. The third-order valence-corrected chi connectivity index (χ3v) is 5.28. The summed E-state index contributed by atoms with van der Waals surface area (Å²) in [5.74, 6) is -0.713. The van der Waals surface area contributed by atoms with Gasteiger partial charge in [0.2, 0.25) is 0 Å². The van der Waals surface area contributed by atoms with Crippen LogP contribution in [-0.2, 0) is 9.53 Å². The van der Waals surface area contributed by atoms with Crippen molar-refractivity contribution in [3.63, 3.8) is 0 Å². The van der Waals surface area contributed by atoms with Crippen molar-refractivity contribution in [2.45, 2.75) is 44.2 Å². The second-order valence-corrected chi connectivity index (χ2v) is 6.99. The van der Waals surface area contributed by atoms with Crippen LogP contribution in [-0.4, -0.2) is 36.3 Å². The molecule has 0 aromatic heterocycles. The number of benzene rings is 1. The molecule has 1 aliphatic heterocycles. The van der Waals surface area contributed by atoms with E-state index in [1.807, 2.05) is 18.2 Å². The molecule has 6 heteroatoms. The van der Waals surface area contributed by atoms with Crippen molar-refractivity contribution in [2.24, 2.45) is 11.8 Å². The summed E-state index contributed by atoms with van der Waals surface area (Å²) in [6, 6.07) is 10.0. The summed E-state index contributed by atoms with van der Waals surface area (Å²) >= 11 is 0. The standard InChI is InChI=1S/C19H26N2O4/c22-18(23)14-6-8-16(9-7-14)21-19(24)20-12-15-10-11-25-17(15)13-4-2-1-3-5-13/h1-5,14-17H,6-12H2,(H,22,23)(H2,20,21,24). The van der Waals surface area contributed by atoms with Crippen LogP contribution in [0.15, 0.2) is 30.3 Å². The Morgan fingerprint density at radius 3 is 2.48 bits per heavy atom. The van der Waals surface area contributed by atoms with Gasteiger partial charge in [0.1, 0.15) is 0 Å². The summed E-state index contributed by atoms with van der Waals surface area (Å²) in [7, 11) is 0. The van der Waals surface area contributed by atoms with Gasteiger partial charge in [-0.15, -0.1) is 0 Å². The van der Waals surface area contributed by atoms with Crippen LogP contribution in [0.25, 0.3) is 0 Å². The summed E-state index contributed by atoms with van der Waals surface area (Å²) in [4.78, 5) is 23.1. The number of urea groups is 1. The molecule has 2 atom stereocenters. The van der Waals surface area contributed by atoms with E-state index in [9.17, 15) is 9.59 Å². The Morgan fingerprint density at radius 2 is 1.80 bits per heavy atom. The number of nitrogens with one attached hydrogen (secondary N) is 2. The molecule has 0 bridgehead atoms. The van der Waals surface area contributed by atoms with E-state index in [1.165, 1.54) is 0 Å². The highest BCUT2D eigenvalue weighted by molar-refractivity contribution is 5.74. The van der Waals surface area contributed by atoms with Crippen molar-refractivity contribution < 1.29 is 19.4 Å². The smallest absolute Gasteiger partial charge is 0.315 e. The fourth-order valence-corrected chi connectivity index (χ4v) is 3.80. The number of carbonyl (C=O) groups excluding carboxylic acids is 1. The average molecular weight is 346 g/mol. The monoisotopic (exact) mass is 346 g/mol. The summed E-state index contributed by atoms with van der Waals surface area (Å²) in [5, 5.41) is 15.0. The summed E-state index contributed by atoms with van der Waals surface area (Å²) in [6.07, 6.45) is 3.68. The van der Waals surface area contributed by atoms with Gasteiger partial charge in [0, 0.05) is 25.1 Å². The van der Waals surface area contributed by atoms with Crippen molar-refractivity contribution in [2.75, 3.05) is 13.2 Å². The molecule has 0 radical (unpaired) electrons. The lowest BCUT2D eigenvalue weighted by atomic mass is 9.86. The molecule has 2 fully saturated rings. The van der Waals surface area contributed by atoms with E-state index in [0.717, 1.165) is 24.8 Å². The zero-order valence-corrected chi connectivity index (χ0v) is 14.3. The lowest BCUT2D eigenvalue weighted by Gasteiger charge is -2.27. The maximum Gasteiger partial charge on any atom is 0.315 e. The molecule has 1 heterocycles. The number of hydrogen-bond acceptors (Lipinski definition) is 3. The second-order valence-electron chi connectivity index (χ2n) is 6.99. The quantitative estimate of drug-likeness (QED) is 0.765. The van der Waals surface area contributed by atoms with Crippen molar-refractivity contribution in [1.29, 1.82) is 0 Å². The molecule has 1 aromatic rings. The maximum absolute atomic E-state index is 12.1. The van der Waals surface area contributed by atoms with E-state index in [1.54, 1.807) is 0 Å². The van der Waals surface area contributed by atoms with E-state index >= 15 is 0 Å². The van der Waals surface area contributed by atoms with Gasteiger partial charge in [-0.1, -0.05) is 30.3 Å². The number of rotatable bonds is 5. The number of ether oxygens (including phenoxy) is 1. The normalized spacial score (nSPS) is 29.1. The number of aliphatic carboxylic acids is 1. The minimum Gasteiger partial charge on any atom is -0.481 e. The molecule has 2 unspecified atom stereocenters. The molecule has 0 spiro atoms. The molecule has 1 aromatic carbocycles. The van der Waals surface area contributed by atoms with Crippen LogP contribution >= 0.6 is 0 Å². The maximum atomic E-state index is 12.1. The molecule has 1 aliphatic carbocycles. The topological polar surface area (TPSA) is 87.7 Å². The third-order valence-electron chi connectivity index (χ3n) is 5.28. The Labute approximate surface area is 147 Å². The van der Waals surface area contributed by atoms with Gasteiger partial charge in [-0.2, -0.15) is 0 Å². The molecule has 6 nitrogen and oxygen atoms in total. The van der Waals surface area contributed by atoms with Gasteiger partial charge < -0.3 is 20.5 Å². The first kappa shape index (κ1) is 17.7. The first-order valence-corrected chi connectivity index (χ1v) is 9.07. The molecule has 3 N–H and O–H groups in total. The predicted octanol–water partition coefficient (Wildman–Crippen LogP) is 2.71. The van der Waals surface area contributed by atoms with E-state index in [2.05, 4.69) is 22.8 Å². The van der Waals surface area contributed by atoms with Crippen LogP contribution in [0, 0.1) is 11.8 Å². The fourth-order valence-electron chi connectivity index (χ4n) is 3.80. The third kappa shape index (κ3) is 4.72. The lowest BCUT2D eigenvalue weighted by molar-refractivity contribution is -0.142. The first-order valence-electron chi connectivity index (χ1n) is 9.07. The van der Waals surface area contributed by atoms with Crippen molar-refractivity contribution in [3.05, 3.63) is 35.9 Å². The zero-order valence-electron chi connectivity index (χ0n) is 14.3. The number of carboxylic acid groups (broad SMARTS) is 1. The molecule has 25 heavy (non-hydrogen) atoms. The molecule has 2 amide bonds. The molecular formula is C19H26N2O4. The molecule has 2 aliphatic rings. The highest BCUT2D eigenvalue weighted by Crippen LogP contribution is 2.33. The van der Waals surface area contributed by atoms with Crippen LogP contribution < -0.4 is 10.6 Å². The fraction of sp³-hybridized carbons (Fsp3) is 0.579. The summed E-state index contributed by atoms with van der Waals surface area (Å²) in [5.41, 5.74) is 1.15. The second kappa shape index (κ2) is 8.34. The van der Waals surface area contributed by atoms with Crippen molar-refractivity contribution in [1.82, 2.24) is 10.6 Å². The van der Waals surface area contributed by atoms with E-state index in [4.69, 9.17) is 9.84 Å². The van der Waals surface area contributed by atoms with E-state index < -0.39 is 5.97 Å². The average Bonchev–Trinajstić information content (AvgIpc) is 3.10. The van der Waals surface area contributed by atoms with Gasteiger partial charge in [-0.25, -0.2) is 4.79 Å². The van der Waals surface area contributed by atoms with Crippen molar-refractivity contribution >= 4 is 12.0 Å². The van der Waals surface area contributed by atoms with Gasteiger partial charge in [0.05, 0.1) is 12.0 Å². The molecule has 3 rings (SSSR count). The first-order chi connectivity index (χ1) is 12.1. The van der Waals surface area contributed by atoms with E-state index in [0.29, 0.717) is 26.0 Å². The van der Waals surface area contributed by atoms with Crippen molar-refractivity contribution in [3.8, 4) is 0 Å². The van der Waals surface area contributed by atoms with Gasteiger partial charge in [0.15, 0.2) is 0 Å². The molecule has 136 valence electrons. The highest BCUT2D eigenvalue weighted by atomic mass is 16.5. The minimum atomic E-state index is -0.726. The largest absolute Gasteiger partial charge is 0.481 e. The Hall–Kier alpha value is -2.08. The SMILES string of the molecule is O=C(NCC1CCOC1c1ccccc1)NC1CCC(C(=O)O)CC1. The zero-order chi connectivity index (χ0) is 17.6.